The van der Waals surface area contributed by atoms with E-state index in [4.69, 9.17) is 23.2 Å². The number of hydrogen-bond donors (Lipinski definition) is 3. The highest BCUT2D eigenvalue weighted by molar-refractivity contribution is 7.90. The van der Waals surface area contributed by atoms with Crippen LogP contribution in [0.1, 0.15) is 59.3 Å². The van der Waals surface area contributed by atoms with Crippen LogP contribution in [0.25, 0.3) is 11.6 Å². The van der Waals surface area contributed by atoms with Gasteiger partial charge in [0.25, 0.3) is 5.91 Å². The number of anilines is 1. The number of rotatable bonds is 7. The van der Waals surface area contributed by atoms with Crippen LogP contribution >= 0.6 is 23.2 Å². The Morgan fingerprint density at radius 1 is 1.00 bits per heavy atom. The van der Waals surface area contributed by atoms with E-state index in [1.165, 1.54) is 23.7 Å². The second kappa shape index (κ2) is 10.7. The first kappa shape index (κ1) is 26.0. The van der Waals surface area contributed by atoms with Crippen LogP contribution in [0.5, 0.6) is 0 Å². The lowest BCUT2D eigenvalue weighted by Gasteiger charge is -2.10. The van der Waals surface area contributed by atoms with Gasteiger partial charge >= 0.3 is 0 Å². The molecule has 2 heterocycles. The average molecular weight is 560 g/mol. The molecule has 0 atom stereocenters. The van der Waals surface area contributed by atoms with Gasteiger partial charge in [-0.3, -0.25) is 4.79 Å². The van der Waals surface area contributed by atoms with Crippen LogP contribution in [0.3, 0.4) is 0 Å². The average Bonchev–Trinajstić information content (AvgIpc) is 3.24. The van der Waals surface area contributed by atoms with Gasteiger partial charge < -0.3 is 15.4 Å². The lowest BCUT2D eigenvalue weighted by Crippen LogP contribution is -2.06. The molecule has 1 amide bonds. The number of aromatic amines is 1. The summed E-state index contributed by atoms with van der Waals surface area (Å²) in [5.41, 5.74) is 6.34. The molecule has 9 heteroatoms. The Labute approximate surface area is 226 Å². The van der Waals surface area contributed by atoms with Gasteiger partial charge in [-0.2, -0.15) is 0 Å². The third-order valence-electron chi connectivity index (χ3n) is 7.10. The summed E-state index contributed by atoms with van der Waals surface area (Å²) in [5, 5.41) is 12.9. The van der Waals surface area contributed by atoms with Crippen molar-refractivity contribution in [2.24, 2.45) is 0 Å². The van der Waals surface area contributed by atoms with Crippen molar-refractivity contribution in [3.8, 4) is 0 Å². The maximum Gasteiger partial charge on any atom is 0.256 e. The van der Waals surface area contributed by atoms with Crippen molar-refractivity contribution in [2.45, 2.75) is 55.6 Å². The lowest BCUT2D eigenvalue weighted by molar-refractivity contribution is -0.110. The fraction of sp³-hybridized carbons (Fsp3) is 0.321. The Kier molecular flexibility index (Phi) is 7.50. The van der Waals surface area contributed by atoms with Gasteiger partial charge in [-0.05, 0) is 86.1 Å². The van der Waals surface area contributed by atoms with Gasteiger partial charge in [0.05, 0.1) is 16.2 Å². The van der Waals surface area contributed by atoms with E-state index in [9.17, 15) is 18.3 Å². The van der Waals surface area contributed by atoms with E-state index in [1.54, 1.807) is 30.3 Å². The number of halogens is 2. The number of nitrogens with one attached hydrogen (secondary N) is 2. The van der Waals surface area contributed by atoms with Crippen LogP contribution in [-0.2, 0) is 39.6 Å². The number of hydrogen-bond acceptors (Lipinski definition) is 4. The monoisotopic (exact) mass is 558 g/mol. The van der Waals surface area contributed by atoms with Crippen LogP contribution in [0.15, 0.2) is 41.3 Å². The maximum atomic E-state index is 13.3. The highest BCUT2D eigenvalue weighted by Gasteiger charge is 2.29. The SMILES string of the molecule is O=C1Nc2ccc(S(=O)(=O)Cc3c(Cl)cccc3Cl)cc2C1=Cc1[nH]c2c(c1CCCO)CCCCC2. The number of aliphatic hydroxyl groups is 1. The highest BCUT2D eigenvalue weighted by Crippen LogP contribution is 2.38. The van der Waals surface area contributed by atoms with Crippen molar-refractivity contribution < 1.29 is 18.3 Å². The minimum absolute atomic E-state index is 0.0902. The Bertz CT molecular complexity index is 1490. The van der Waals surface area contributed by atoms with Gasteiger partial charge in [0.2, 0.25) is 0 Å². The van der Waals surface area contributed by atoms with E-state index in [-0.39, 0.29) is 33.2 Å². The molecule has 3 aromatic rings. The Hall–Kier alpha value is -2.58. The van der Waals surface area contributed by atoms with Gasteiger partial charge in [-0.25, -0.2) is 8.42 Å². The molecule has 2 aromatic carbocycles. The van der Waals surface area contributed by atoms with Gasteiger partial charge in [-0.1, -0.05) is 35.7 Å². The van der Waals surface area contributed by atoms with E-state index in [0.29, 0.717) is 35.2 Å². The molecule has 0 spiro atoms. The summed E-state index contributed by atoms with van der Waals surface area (Å²) in [7, 11) is -3.79. The number of aliphatic hydroxyl groups excluding tert-OH is 1. The molecule has 194 valence electrons. The Morgan fingerprint density at radius 3 is 2.51 bits per heavy atom. The van der Waals surface area contributed by atoms with E-state index in [2.05, 4.69) is 10.3 Å². The predicted octanol–water partition coefficient (Wildman–Crippen LogP) is 5.98. The molecule has 6 nitrogen and oxygen atoms in total. The topological polar surface area (TPSA) is 99.3 Å². The van der Waals surface area contributed by atoms with Crippen LogP contribution in [0.4, 0.5) is 5.69 Å². The fourth-order valence-electron chi connectivity index (χ4n) is 5.21. The molecule has 0 radical (unpaired) electrons. The zero-order valence-corrected chi connectivity index (χ0v) is 22.6. The molecular formula is C28H28Cl2N2O4S. The van der Waals surface area contributed by atoms with Crippen molar-refractivity contribution in [3.63, 3.8) is 0 Å². The lowest BCUT2D eigenvalue weighted by atomic mass is 9.98. The Balaban J connectivity index is 1.54. The number of aromatic nitrogens is 1. The zero-order chi connectivity index (χ0) is 26.2. The summed E-state index contributed by atoms with van der Waals surface area (Å²) < 4.78 is 26.6. The first-order valence-electron chi connectivity index (χ1n) is 12.4. The second-order valence-electron chi connectivity index (χ2n) is 9.54. The summed E-state index contributed by atoms with van der Waals surface area (Å²) in [4.78, 5) is 16.6. The number of benzene rings is 2. The zero-order valence-electron chi connectivity index (χ0n) is 20.2. The first-order chi connectivity index (χ1) is 17.8. The molecule has 0 fully saturated rings. The quantitative estimate of drug-likeness (QED) is 0.245. The van der Waals surface area contributed by atoms with Crippen molar-refractivity contribution in [1.82, 2.24) is 4.98 Å². The van der Waals surface area contributed by atoms with E-state index < -0.39 is 9.84 Å². The van der Waals surface area contributed by atoms with Gasteiger partial charge in [-0.15, -0.1) is 0 Å². The summed E-state index contributed by atoms with van der Waals surface area (Å²) in [5.74, 6) is -0.629. The molecular weight excluding hydrogens is 531 g/mol. The molecule has 5 rings (SSSR count). The summed E-state index contributed by atoms with van der Waals surface area (Å²) in [6.45, 7) is 0.0932. The van der Waals surface area contributed by atoms with Crippen molar-refractivity contribution in [1.29, 1.82) is 0 Å². The molecule has 0 unspecified atom stereocenters. The van der Waals surface area contributed by atoms with Gasteiger partial charge in [0.1, 0.15) is 0 Å². The standard InChI is InChI=1S/C28H28Cl2N2O4S/c29-23-8-4-9-24(30)22(23)16-37(35,36)17-11-12-26-20(14-17)21(28(34)32-26)15-27-19(7-5-13-33)18-6-2-1-3-10-25(18)31-27/h4,8-9,11-12,14-15,31,33H,1-3,5-7,10,13,16H2,(H,32,34). The summed E-state index contributed by atoms with van der Waals surface area (Å²) in [6.07, 6.45) is 8.52. The molecule has 1 aliphatic carbocycles. The molecule has 2 aliphatic rings. The molecule has 3 N–H and O–H groups in total. The van der Waals surface area contributed by atoms with Crippen molar-refractivity contribution in [2.75, 3.05) is 11.9 Å². The normalized spacial score (nSPS) is 16.4. The third-order valence-corrected chi connectivity index (χ3v) is 9.44. The van der Waals surface area contributed by atoms with Crippen LogP contribution in [0.2, 0.25) is 10.0 Å². The largest absolute Gasteiger partial charge is 0.396 e. The van der Waals surface area contributed by atoms with E-state index in [1.807, 2.05) is 6.08 Å². The Morgan fingerprint density at radius 2 is 1.76 bits per heavy atom. The molecule has 37 heavy (non-hydrogen) atoms. The summed E-state index contributed by atoms with van der Waals surface area (Å²) in [6, 6.07) is 9.53. The van der Waals surface area contributed by atoms with Crippen LogP contribution in [0, 0.1) is 0 Å². The number of carbonyl (C=O) groups is 1. The number of amides is 1. The van der Waals surface area contributed by atoms with Crippen LogP contribution < -0.4 is 5.32 Å². The number of carbonyl (C=O) groups excluding carboxylic acids is 1. The number of fused-ring (bicyclic) bond motifs is 2. The van der Waals surface area contributed by atoms with E-state index >= 15 is 0 Å². The third kappa shape index (κ3) is 5.23. The maximum absolute atomic E-state index is 13.3. The highest BCUT2D eigenvalue weighted by atomic mass is 35.5. The predicted molar refractivity (Wildman–Crippen MR) is 148 cm³/mol. The molecule has 1 aliphatic heterocycles. The molecule has 0 saturated heterocycles. The smallest absolute Gasteiger partial charge is 0.256 e. The summed E-state index contributed by atoms with van der Waals surface area (Å²) >= 11 is 12.4. The molecule has 0 saturated carbocycles. The van der Waals surface area contributed by atoms with Gasteiger partial charge in [0.15, 0.2) is 9.84 Å². The minimum Gasteiger partial charge on any atom is -0.396 e. The van der Waals surface area contributed by atoms with Crippen molar-refractivity contribution >= 4 is 56.3 Å². The molecule has 0 bridgehead atoms. The van der Waals surface area contributed by atoms with Crippen molar-refractivity contribution in [3.05, 3.63) is 80.1 Å². The minimum atomic E-state index is -3.79. The first-order valence-corrected chi connectivity index (χ1v) is 14.9. The fourth-order valence-corrected chi connectivity index (χ4v) is 7.33. The number of sulfone groups is 1. The number of aryl methyl sites for hydroxylation is 1. The number of H-pyrrole nitrogens is 1. The second-order valence-corrected chi connectivity index (χ2v) is 12.3. The van der Waals surface area contributed by atoms with Gasteiger partial charge in [0, 0.05) is 44.9 Å². The molecule has 1 aromatic heterocycles. The van der Waals surface area contributed by atoms with Crippen LogP contribution in [-0.4, -0.2) is 31.0 Å². The van der Waals surface area contributed by atoms with E-state index in [0.717, 1.165) is 36.9 Å².